The molecule has 0 saturated heterocycles. The van der Waals surface area contributed by atoms with E-state index in [0.29, 0.717) is 10.0 Å². The largest absolute Gasteiger partial charge is 0.435 e. The van der Waals surface area contributed by atoms with Crippen LogP contribution < -0.4 is 10.5 Å². The number of pyridine rings is 1. The van der Waals surface area contributed by atoms with Crippen molar-refractivity contribution in [3.8, 4) is 17.7 Å². The summed E-state index contributed by atoms with van der Waals surface area (Å²) in [6.45, 7) is 0. The van der Waals surface area contributed by atoms with Crippen molar-refractivity contribution >= 4 is 40.5 Å². The Bertz CT molecular complexity index is 683. The smallest absolute Gasteiger partial charge is 0.239 e. The molecule has 0 atom stereocenters. The van der Waals surface area contributed by atoms with Gasteiger partial charge in [-0.15, -0.1) is 0 Å². The molecule has 0 bridgehead atoms. The predicted octanol–water partition coefficient (Wildman–Crippen LogP) is 4.29. The SMILES string of the molecule is N#Cc1ccnc(Oc2cc(Cl)c(Cl)cc2N)c1Cl. The first-order chi connectivity index (χ1) is 9.02. The van der Waals surface area contributed by atoms with Crippen molar-refractivity contribution in [2.45, 2.75) is 0 Å². The summed E-state index contributed by atoms with van der Waals surface area (Å²) in [6.07, 6.45) is 1.41. The quantitative estimate of drug-likeness (QED) is 0.839. The minimum absolute atomic E-state index is 0.0748. The summed E-state index contributed by atoms with van der Waals surface area (Å²) in [5, 5.41) is 9.58. The minimum atomic E-state index is 0.0748. The second kappa shape index (κ2) is 5.54. The fraction of sp³-hybridized carbons (Fsp3) is 0. The first kappa shape index (κ1) is 13.8. The Morgan fingerprint density at radius 2 is 1.89 bits per heavy atom. The summed E-state index contributed by atoms with van der Waals surface area (Å²) in [6, 6.07) is 6.32. The van der Waals surface area contributed by atoms with Crippen molar-refractivity contribution in [3.63, 3.8) is 0 Å². The number of benzene rings is 1. The van der Waals surface area contributed by atoms with Crippen LogP contribution in [0, 0.1) is 11.3 Å². The van der Waals surface area contributed by atoms with Crippen molar-refractivity contribution in [2.24, 2.45) is 0 Å². The molecule has 0 aliphatic carbocycles. The number of nitriles is 1. The zero-order chi connectivity index (χ0) is 14.0. The second-order valence-electron chi connectivity index (χ2n) is 3.50. The van der Waals surface area contributed by atoms with Gasteiger partial charge in [-0.3, -0.25) is 0 Å². The van der Waals surface area contributed by atoms with Gasteiger partial charge in [0.25, 0.3) is 0 Å². The number of ether oxygens (including phenoxy) is 1. The highest BCUT2D eigenvalue weighted by Gasteiger charge is 2.12. The monoisotopic (exact) mass is 313 g/mol. The van der Waals surface area contributed by atoms with Crippen molar-refractivity contribution < 1.29 is 4.74 Å². The van der Waals surface area contributed by atoms with Crippen molar-refractivity contribution in [1.29, 1.82) is 5.26 Å². The Morgan fingerprint density at radius 1 is 1.21 bits per heavy atom. The van der Waals surface area contributed by atoms with Gasteiger partial charge < -0.3 is 10.5 Å². The maximum atomic E-state index is 8.86. The third kappa shape index (κ3) is 2.85. The molecule has 96 valence electrons. The highest BCUT2D eigenvalue weighted by Crippen LogP contribution is 2.36. The van der Waals surface area contributed by atoms with E-state index in [1.54, 1.807) is 0 Å². The maximum Gasteiger partial charge on any atom is 0.239 e. The Kier molecular flexibility index (Phi) is 4.01. The number of hydrogen-bond acceptors (Lipinski definition) is 4. The molecule has 2 N–H and O–H groups in total. The first-order valence-electron chi connectivity index (χ1n) is 5.00. The van der Waals surface area contributed by atoms with Gasteiger partial charge >= 0.3 is 0 Å². The van der Waals surface area contributed by atoms with E-state index in [-0.39, 0.29) is 27.9 Å². The van der Waals surface area contributed by atoms with E-state index in [0.717, 1.165) is 0 Å². The molecular formula is C12H6Cl3N3O. The van der Waals surface area contributed by atoms with Crippen LogP contribution in [0.4, 0.5) is 5.69 Å². The van der Waals surface area contributed by atoms with Gasteiger partial charge in [-0.1, -0.05) is 34.8 Å². The van der Waals surface area contributed by atoms with E-state index in [2.05, 4.69) is 4.98 Å². The van der Waals surface area contributed by atoms with E-state index in [4.69, 9.17) is 50.5 Å². The topological polar surface area (TPSA) is 71.9 Å². The van der Waals surface area contributed by atoms with E-state index in [1.165, 1.54) is 24.4 Å². The summed E-state index contributed by atoms with van der Waals surface area (Å²) in [4.78, 5) is 3.94. The number of nitrogen functional groups attached to an aromatic ring is 1. The number of aromatic nitrogens is 1. The van der Waals surface area contributed by atoms with Crippen molar-refractivity contribution in [2.75, 3.05) is 5.73 Å². The molecule has 0 saturated carbocycles. The molecule has 2 aromatic rings. The minimum Gasteiger partial charge on any atom is -0.435 e. The van der Waals surface area contributed by atoms with Crippen molar-refractivity contribution in [1.82, 2.24) is 4.98 Å². The van der Waals surface area contributed by atoms with Gasteiger partial charge in [-0.25, -0.2) is 4.98 Å². The number of halogens is 3. The Balaban J connectivity index is 2.43. The van der Waals surface area contributed by atoms with E-state index < -0.39 is 0 Å². The molecular weight excluding hydrogens is 309 g/mol. The van der Waals surface area contributed by atoms with Crippen LogP contribution in [0.2, 0.25) is 15.1 Å². The summed E-state index contributed by atoms with van der Waals surface area (Å²) in [7, 11) is 0. The predicted molar refractivity (Wildman–Crippen MR) is 74.9 cm³/mol. The lowest BCUT2D eigenvalue weighted by atomic mass is 10.3. The number of nitrogens with zero attached hydrogens (tertiary/aromatic N) is 2. The number of hydrogen-bond donors (Lipinski definition) is 1. The second-order valence-corrected chi connectivity index (χ2v) is 4.69. The molecule has 1 heterocycles. The average molecular weight is 315 g/mol. The molecule has 0 fully saturated rings. The van der Waals surface area contributed by atoms with Crippen LogP contribution in [-0.2, 0) is 0 Å². The Labute approximate surface area is 124 Å². The van der Waals surface area contributed by atoms with Gasteiger partial charge in [-0.05, 0) is 12.1 Å². The van der Waals surface area contributed by atoms with Gasteiger partial charge in [-0.2, -0.15) is 5.26 Å². The number of rotatable bonds is 2. The molecule has 19 heavy (non-hydrogen) atoms. The van der Waals surface area contributed by atoms with Crippen LogP contribution in [0.3, 0.4) is 0 Å². The highest BCUT2D eigenvalue weighted by atomic mass is 35.5. The summed E-state index contributed by atoms with van der Waals surface area (Å²) in [5.74, 6) is 0.338. The lowest BCUT2D eigenvalue weighted by Gasteiger charge is -2.10. The standard InChI is InChI=1S/C12H6Cl3N3O/c13-7-3-9(17)10(4-8(7)14)19-12-11(15)6(5-16)1-2-18-12/h1-4H,17H2. The lowest BCUT2D eigenvalue weighted by molar-refractivity contribution is 0.465. The van der Waals surface area contributed by atoms with E-state index in [9.17, 15) is 0 Å². The van der Waals surface area contributed by atoms with Crippen LogP contribution in [0.5, 0.6) is 11.6 Å². The zero-order valence-electron chi connectivity index (χ0n) is 9.32. The van der Waals surface area contributed by atoms with E-state index in [1.807, 2.05) is 6.07 Å². The van der Waals surface area contributed by atoms with Gasteiger partial charge in [0.15, 0.2) is 5.75 Å². The normalized spacial score (nSPS) is 10.0. The van der Waals surface area contributed by atoms with E-state index >= 15 is 0 Å². The molecule has 4 nitrogen and oxygen atoms in total. The third-order valence-electron chi connectivity index (χ3n) is 2.24. The van der Waals surface area contributed by atoms with Gasteiger partial charge in [0, 0.05) is 12.3 Å². The average Bonchev–Trinajstić information content (AvgIpc) is 2.38. The molecule has 1 aromatic carbocycles. The van der Waals surface area contributed by atoms with Crippen LogP contribution >= 0.6 is 34.8 Å². The van der Waals surface area contributed by atoms with Crippen LogP contribution in [0.1, 0.15) is 5.56 Å². The zero-order valence-corrected chi connectivity index (χ0v) is 11.6. The number of nitrogens with two attached hydrogens (primary N) is 1. The maximum absolute atomic E-state index is 8.86. The Hall–Kier alpha value is -1.67. The van der Waals surface area contributed by atoms with Crippen molar-refractivity contribution in [3.05, 3.63) is 45.0 Å². The fourth-order valence-corrected chi connectivity index (χ4v) is 1.84. The van der Waals surface area contributed by atoms with Gasteiger partial charge in [0.05, 0.1) is 21.3 Å². The van der Waals surface area contributed by atoms with Crippen LogP contribution in [0.15, 0.2) is 24.4 Å². The molecule has 2 rings (SSSR count). The molecule has 0 radical (unpaired) electrons. The molecule has 0 amide bonds. The summed E-state index contributed by atoms with van der Waals surface area (Å²) >= 11 is 17.7. The molecule has 0 spiro atoms. The van der Waals surface area contributed by atoms with Gasteiger partial charge in [0.2, 0.25) is 5.88 Å². The van der Waals surface area contributed by atoms with Gasteiger partial charge in [0.1, 0.15) is 11.1 Å². The fourth-order valence-electron chi connectivity index (χ4n) is 1.32. The molecule has 1 aromatic heterocycles. The van der Waals surface area contributed by atoms with Crippen LogP contribution in [-0.4, -0.2) is 4.98 Å². The number of anilines is 1. The lowest BCUT2D eigenvalue weighted by Crippen LogP contribution is -1.95. The molecule has 0 aliphatic rings. The first-order valence-corrected chi connectivity index (χ1v) is 6.13. The highest BCUT2D eigenvalue weighted by molar-refractivity contribution is 6.42. The third-order valence-corrected chi connectivity index (χ3v) is 3.32. The molecule has 0 aliphatic heterocycles. The molecule has 0 unspecified atom stereocenters. The van der Waals surface area contributed by atoms with Crippen LogP contribution in [0.25, 0.3) is 0 Å². The Morgan fingerprint density at radius 3 is 2.58 bits per heavy atom. The molecule has 7 heteroatoms. The summed E-state index contributed by atoms with van der Waals surface area (Å²) < 4.78 is 5.46. The summed E-state index contributed by atoms with van der Waals surface area (Å²) in [5.41, 5.74) is 6.30.